The summed E-state index contributed by atoms with van der Waals surface area (Å²) in [6.07, 6.45) is 1.08. The summed E-state index contributed by atoms with van der Waals surface area (Å²) in [5, 5.41) is 10.7. The van der Waals surface area contributed by atoms with E-state index in [1.165, 1.54) is 17.0 Å². The molecule has 3 aromatic carbocycles. The number of carbonyl (C=O) groups is 3. The molecule has 1 aliphatic carbocycles. The maximum absolute atomic E-state index is 13.1. The molecule has 3 aromatic rings. The molecule has 1 aliphatic heterocycles. The second-order valence-electron chi connectivity index (χ2n) is 8.67. The van der Waals surface area contributed by atoms with Crippen molar-refractivity contribution in [1.82, 2.24) is 4.90 Å². The molecule has 182 valence electrons. The summed E-state index contributed by atoms with van der Waals surface area (Å²) in [6, 6.07) is 19.2. The van der Waals surface area contributed by atoms with Crippen LogP contribution >= 0.6 is 11.8 Å². The van der Waals surface area contributed by atoms with Crippen molar-refractivity contribution in [3.63, 3.8) is 0 Å². The first-order chi connectivity index (χ1) is 17.5. The van der Waals surface area contributed by atoms with E-state index in [4.69, 9.17) is 4.74 Å². The van der Waals surface area contributed by atoms with Gasteiger partial charge < -0.3 is 4.74 Å². The highest BCUT2D eigenvalue weighted by Crippen LogP contribution is 2.44. The Morgan fingerprint density at radius 1 is 1.06 bits per heavy atom. The molecule has 0 aromatic heterocycles. The van der Waals surface area contributed by atoms with Crippen LogP contribution in [0.5, 0.6) is 0 Å². The fourth-order valence-corrected chi connectivity index (χ4v) is 5.88. The number of likely N-dealkylation sites (tertiary alicyclic amines) is 1. The Labute approximate surface area is 211 Å². The standard InChI is InChI=1S/C27H22N2O6S/c30-15-17-14-18(29(33)34)11-12-25(17)36-26(31)24-10-5-13-28(24)27(32)35-16-23-21-8-3-1-6-19(21)20-7-2-4-9-22(20)23/h1-4,6-9,11-12,14-15,23-24H,5,10,13,16H2/t24-/m0/s1. The summed E-state index contributed by atoms with van der Waals surface area (Å²) in [5.41, 5.74) is 4.32. The number of amides is 1. The highest BCUT2D eigenvalue weighted by molar-refractivity contribution is 8.13. The average molecular weight is 503 g/mol. The van der Waals surface area contributed by atoms with E-state index in [1.54, 1.807) is 0 Å². The third-order valence-electron chi connectivity index (χ3n) is 6.64. The molecule has 1 saturated heterocycles. The normalized spacial score (nSPS) is 16.3. The largest absolute Gasteiger partial charge is 0.448 e. The van der Waals surface area contributed by atoms with Crippen LogP contribution in [0.3, 0.4) is 0 Å². The number of benzene rings is 3. The minimum Gasteiger partial charge on any atom is -0.448 e. The van der Waals surface area contributed by atoms with Crippen LogP contribution in [-0.2, 0) is 9.53 Å². The summed E-state index contributed by atoms with van der Waals surface area (Å²) < 4.78 is 5.74. The topological polar surface area (TPSA) is 107 Å². The second-order valence-corrected chi connectivity index (χ2v) is 9.72. The van der Waals surface area contributed by atoms with Gasteiger partial charge in [0.2, 0.25) is 5.12 Å². The van der Waals surface area contributed by atoms with Crippen LogP contribution in [-0.4, -0.2) is 46.5 Å². The third kappa shape index (κ3) is 4.37. The summed E-state index contributed by atoms with van der Waals surface area (Å²) in [4.78, 5) is 49.7. The zero-order valence-corrected chi connectivity index (χ0v) is 20.0. The second kappa shape index (κ2) is 9.94. The van der Waals surface area contributed by atoms with Gasteiger partial charge in [-0.1, -0.05) is 48.5 Å². The van der Waals surface area contributed by atoms with Gasteiger partial charge in [0.05, 0.1) is 4.92 Å². The van der Waals surface area contributed by atoms with Crippen molar-refractivity contribution in [1.29, 1.82) is 0 Å². The van der Waals surface area contributed by atoms with Crippen molar-refractivity contribution in [3.05, 3.63) is 93.5 Å². The molecule has 2 aliphatic rings. The van der Waals surface area contributed by atoms with Crippen LogP contribution in [0.15, 0.2) is 71.6 Å². The highest BCUT2D eigenvalue weighted by Gasteiger charge is 2.37. The molecule has 5 rings (SSSR count). The molecule has 0 unspecified atom stereocenters. The quantitative estimate of drug-likeness (QED) is 0.191. The monoisotopic (exact) mass is 502 g/mol. The van der Waals surface area contributed by atoms with E-state index >= 15 is 0 Å². The number of thioether (sulfide) groups is 1. The molecule has 1 amide bonds. The van der Waals surface area contributed by atoms with Gasteiger partial charge in [0.1, 0.15) is 12.6 Å². The Kier molecular flexibility index (Phi) is 6.56. The molecule has 0 N–H and O–H groups in total. The first-order valence-electron chi connectivity index (χ1n) is 11.5. The van der Waals surface area contributed by atoms with E-state index < -0.39 is 17.1 Å². The number of rotatable bonds is 6. The molecule has 0 spiro atoms. The number of carbonyl (C=O) groups excluding carboxylic acids is 3. The van der Waals surface area contributed by atoms with Gasteiger partial charge in [0, 0.05) is 35.1 Å². The van der Waals surface area contributed by atoms with Crippen LogP contribution in [0.1, 0.15) is 40.2 Å². The van der Waals surface area contributed by atoms with Gasteiger partial charge in [0.25, 0.3) is 5.69 Å². The molecule has 1 fully saturated rings. The van der Waals surface area contributed by atoms with Crippen LogP contribution in [0.4, 0.5) is 10.5 Å². The average Bonchev–Trinajstić information content (AvgIpc) is 3.51. The van der Waals surface area contributed by atoms with Crippen molar-refractivity contribution in [3.8, 4) is 11.1 Å². The highest BCUT2D eigenvalue weighted by atomic mass is 32.2. The van der Waals surface area contributed by atoms with Gasteiger partial charge in [-0.05, 0) is 52.9 Å². The van der Waals surface area contributed by atoms with Gasteiger partial charge in [-0.15, -0.1) is 0 Å². The van der Waals surface area contributed by atoms with E-state index in [2.05, 4.69) is 12.1 Å². The number of non-ortho nitro benzene ring substituents is 1. The van der Waals surface area contributed by atoms with E-state index in [0.717, 1.165) is 40.1 Å². The minimum absolute atomic E-state index is 0.0632. The smallest absolute Gasteiger partial charge is 0.410 e. The number of hydrogen-bond donors (Lipinski definition) is 0. The van der Waals surface area contributed by atoms with Gasteiger partial charge in [-0.3, -0.25) is 24.6 Å². The predicted molar refractivity (Wildman–Crippen MR) is 134 cm³/mol. The van der Waals surface area contributed by atoms with Crippen LogP contribution in [0, 0.1) is 10.1 Å². The zero-order valence-electron chi connectivity index (χ0n) is 19.2. The number of aldehydes is 1. The number of nitrogens with zero attached hydrogens (tertiary/aromatic N) is 2. The first kappa shape index (κ1) is 23.7. The molecule has 1 heterocycles. The van der Waals surface area contributed by atoms with Crippen molar-refractivity contribution < 1.29 is 24.0 Å². The molecule has 0 saturated carbocycles. The van der Waals surface area contributed by atoms with E-state index in [0.29, 0.717) is 30.6 Å². The van der Waals surface area contributed by atoms with E-state index in [9.17, 15) is 24.5 Å². The molecule has 8 nitrogen and oxygen atoms in total. The number of hydrogen-bond acceptors (Lipinski definition) is 7. The van der Waals surface area contributed by atoms with Gasteiger partial charge in [-0.25, -0.2) is 4.79 Å². The molecular formula is C27H22N2O6S. The summed E-state index contributed by atoms with van der Waals surface area (Å²) in [5.74, 6) is -0.0808. The van der Waals surface area contributed by atoms with Crippen LogP contribution < -0.4 is 0 Å². The lowest BCUT2D eigenvalue weighted by Crippen LogP contribution is -2.40. The fourth-order valence-electron chi connectivity index (χ4n) is 4.92. The lowest BCUT2D eigenvalue weighted by atomic mass is 9.98. The summed E-state index contributed by atoms with van der Waals surface area (Å²) >= 11 is 0.816. The maximum atomic E-state index is 13.1. The molecule has 36 heavy (non-hydrogen) atoms. The number of nitro groups is 1. The van der Waals surface area contributed by atoms with Crippen molar-refractivity contribution >= 4 is 34.9 Å². The lowest BCUT2D eigenvalue weighted by Gasteiger charge is -2.24. The van der Waals surface area contributed by atoms with Crippen molar-refractivity contribution in [2.24, 2.45) is 0 Å². The lowest BCUT2D eigenvalue weighted by molar-refractivity contribution is -0.384. The third-order valence-corrected chi connectivity index (χ3v) is 7.70. The number of nitro benzene ring substituents is 1. The minimum atomic E-state index is -0.694. The predicted octanol–water partition coefficient (Wildman–Crippen LogP) is 5.44. The van der Waals surface area contributed by atoms with Crippen LogP contribution in [0.2, 0.25) is 0 Å². The summed E-state index contributed by atoms with van der Waals surface area (Å²) in [7, 11) is 0. The van der Waals surface area contributed by atoms with Crippen LogP contribution in [0.25, 0.3) is 11.1 Å². The molecular weight excluding hydrogens is 480 g/mol. The number of fused-ring (bicyclic) bond motifs is 3. The molecule has 0 bridgehead atoms. The maximum Gasteiger partial charge on any atom is 0.410 e. The van der Waals surface area contributed by atoms with Gasteiger partial charge in [-0.2, -0.15) is 0 Å². The van der Waals surface area contributed by atoms with Crippen molar-refractivity contribution in [2.75, 3.05) is 13.2 Å². The number of ether oxygens (including phenoxy) is 1. The SMILES string of the molecule is O=Cc1cc([N+](=O)[O-])ccc1SC(=O)[C@@H]1CCCN1C(=O)OCC1c2ccccc2-c2ccccc21. The Morgan fingerprint density at radius 2 is 1.72 bits per heavy atom. The molecule has 1 atom stereocenters. The molecule has 0 radical (unpaired) electrons. The molecule has 9 heteroatoms. The Balaban J connectivity index is 1.28. The van der Waals surface area contributed by atoms with E-state index in [1.807, 2.05) is 36.4 Å². The Bertz CT molecular complexity index is 1330. The first-order valence-corrected chi connectivity index (χ1v) is 12.4. The van der Waals surface area contributed by atoms with Crippen molar-refractivity contribution in [2.45, 2.75) is 29.7 Å². The van der Waals surface area contributed by atoms with Gasteiger partial charge in [0.15, 0.2) is 6.29 Å². The van der Waals surface area contributed by atoms with E-state index in [-0.39, 0.29) is 28.9 Å². The Morgan fingerprint density at radius 3 is 2.36 bits per heavy atom. The van der Waals surface area contributed by atoms with Gasteiger partial charge >= 0.3 is 6.09 Å². The summed E-state index contributed by atoms with van der Waals surface area (Å²) in [6.45, 7) is 0.559. The Hall–Kier alpha value is -3.98. The zero-order chi connectivity index (χ0) is 25.2. The fraction of sp³-hybridized carbons (Fsp3) is 0.222.